The van der Waals surface area contributed by atoms with Gasteiger partial charge >= 0.3 is 0 Å². The zero-order valence-electron chi connectivity index (χ0n) is 13.5. The van der Waals surface area contributed by atoms with Crippen LogP contribution in [0.1, 0.15) is 25.6 Å². The van der Waals surface area contributed by atoms with Gasteiger partial charge < -0.3 is 14.8 Å². The highest BCUT2D eigenvalue weighted by Crippen LogP contribution is 2.28. The number of allylic oxidation sites excluding steroid dienone is 2. The van der Waals surface area contributed by atoms with E-state index in [0.29, 0.717) is 12.4 Å². The lowest BCUT2D eigenvalue weighted by Crippen LogP contribution is -2.61. The minimum absolute atomic E-state index is 0.0396. The number of imidazole rings is 1. The lowest BCUT2D eigenvalue weighted by atomic mass is 9.90. The standard InChI is InChI=1S/C17H19N5O2/c1-17(10-15(23)20-14-4-2-3-8-22(14)17)16(24)19-12-5-6-13-18-7-9-21(13)11-12/h2-4,7-9,12H,5-6,10-11H2,1H3,(H,19,24). The third-order valence-electron chi connectivity index (χ3n) is 4.86. The van der Waals surface area contributed by atoms with E-state index in [-0.39, 0.29) is 24.3 Å². The van der Waals surface area contributed by atoms with Gasteiger partial charge in [0.15, 0.2) is 0 Å². The maximum atomic E-state index is 13.0. The Labute approximate surface area is 139 Å². The van der Waals surface area contributed by atoms with E-state index in [1.54, 1.807) is 30.3 Å². The Bertz CT molecular complexity index is 791. The maximum absolute atomic E-state index is 13.0. The number of hydrogen-bond acceptors (Lipinski definition) is 4. The molecule has 4 heterocycles. The number of amides is 2. The SMILES string of the molecule is CC1(C(=O)NC2CCc3nccn3C2)CC(=O)N=C2C=CC=CN21. The molecular formula is C17H19N5O2. The molecule has 7 heteroatoms. The summed E-state index contributed by atoms with van der Waals surface area (Å²) in [5.74, 6) is 1.17. The molecule has 0 radical (unpaired) electrons. The van der Waals surface area contributed by atoms with Gasteiger partial charge in [0.05, 0.1) is 6.42 Å². The number of aromatic nitrogens is 2. The molecule has 0 bridgehead atoms. The Morgan fingerprint density at radius 1 is 1.42 bits per heavy atom. The van der Waals surface area contributed by atoms with Crippen molar-refractivity contribution >= 4 is 17.6 Å². The normalized spacial score (nSPS) is 28.2. The largest absolute Gasteiger partial charge is 0.350 e. The van der Waals surface area contributed by atoms with Gasteiger partial charge in [-0.2, -0.15) is 4.99 Å². The van der Waals surface area contributed by atoms with Gasteiger partial charge in [-0.05, 0) is 25.5 Å². The molecule has 3 aliphatic rings. The molecule has 24 heavy (non-hydrogen) atoms. The average molecular weight is 325 g/mol. The van der Waals surface area contributed by atoms with Crippen LogP contribution in [0.3, 0.4) is 0 Å². The Hall–Kier alpha value is -2.70. The first-order valence-electron chi connectivity index (χ1n) is 8.13. The van der Waals surface area contributed by atoms with Crippen molar-refractivity contribution in [3.05, 3.63) is 42.6 Å². The molecule has 124 valence electrons. The molecule has 2 unspecified atom stereocenters. The fraction of sp³-hybridized carbons (Fsp3) is 0.412. The van der Waals surface area contributed by atoms with E-state index < -0.39 is 5.54 Å². The summed E-state index contributed by atoms with van der Waals surface area (Å²) in [6.07, 6.45) is 12.7. The zero-order valence-corrected chi connectivity index (χ0v) is 13.5. The first kappa shape index (κ1) is 14.9. The summed E-state index contributed by atoms with van der Waals surface area (Å²) in [4.78, 5) is 35.1. The zero-order chi connectivity index (χ0) is 16.7. The first-order valence-corrected chi connectivity index (χ1v) is 8.13. The second-order valence-electron chi connectivity index (χ2n) is 6.59. The van der Waals surface area contributed by atoms with Crippen LogP contribution in [0.4, 0.5) is 0 Å². The third-order valence-corrected chi connectivity index (χ3v) is 4.86. The predicted molar refractivity (Wildman–Crippen MR) is 88.1 cm³/mol. The van der Waals surface area contributed by atoms with Crippen LogP contribution in [0.5, 0.6) is 0 Å². The molecular weight excluding hydrogens is 306 g/mol. The van der Waals surface area contributed by atoms with E-state index >= 15 is 0 Å². The van der Waals surface area contributed by atoms with E-state index in [1.807, 2.05) is 18.3 Å². The van der Waals surface area contributed by atoms with Gasteiger partial charge in [-0.25, -0.2) is 4.98 Å². The molecule has 0 saturated carbocycles. The molecule has 7 nitrogen and oxygen atoms in total. The van der Waals surface area contributed by atoms with E-state index in [9.17, 15) is 9.59 Å². The number of hydrogen-bond donors (Lipinski definition) is 1. The highest BCUT2D eigenvalue weighted by molar-refractivity contribution is 6.09. The number of carbonyl (C=O) groups is 2. The summed E-state index contributed by atoms with van der Waals surface area (Å²) in [7, 11) is 0. The minimum atomic E-state index is -0.954. The fourth-order valence-electron chi connectivity index (χ4n) is 3.50. The lowest BCUT2D eigenvalue weighted by molar-refractivity contribution is -0.135. The summed E-state index contributed by atoms with van der Waals surface area (Å²) >= 11 is 0. The summed E-state index contributed by atoms with van der Waals surface area (Å²) < 4.78 is 2.07. The second-order valence-corrected chi connectivity index (χ2v) is 6.59. The smallest absolute Gasteiger partial charge is 0.250 e. The number of amidine groups is 1. The van der Waals surface area contributed by atoms with Crippen LogP contribution in [-0.2, 0) is 22.6 Å². The number of carbonyl (C=O) groups excluding carboxylic acids is 2. The van der Waals surface area contributed by atoms with E-state index in [1.165, 1.54) is 0 Å². The van der Waals surface area contributed by atoms with Crippen molar-refractivity contribution in [3.63, 3.8) is 0 Å². The minimum Gasteiger partial charge on any atom is -0.350 e. The second kappa shape index (κ2) is 5.43. The lowest BCUT2D eigenvalue weighted by Gasteiger charge is -2.42. The third kappa shape index (κ3) is 2.36. The highest BCUT2D eigenvalue weighted by Gasteiger charge is 2.45. The molecule has 0 spiro atoms. The number of fused-ring (bicyclic) bond motifs is 2. The van der Waals surface area contributed by atoms with Crippen molar-refractivity contribution in [1.82, 2.24) is 19.8 Å². The predicted octanol–water partition coefficient (Wildman–Crippen LogP) is 0.787. The van der Waals surface area contributed by atoms with Crippen LogP contribution >= 0.6 is 0 Å². The van der Waals surface area contributed by atoms with Gasteiger partial charge in [0.2, 0.25) is 5.91 Å². The van der Waals surface area contributed by atoms with Gasteiger partial charge in [0.1, 0.15) is 17.2 Å². The molecule has 1 N–H and O–H groups in total. The van der Waals surface area contributed by atoms with Crippen LogP contribution in [-0.4, -0.2) is 43.7 Å². The van der Waals surface area contributed by atoms with Crippen molar-refractivity contribution in [1.29, 1.82) is 0 Å². The summed E-state index contributed by atoms with van der Waals surface area (Å²) in [5.41, 5.74) is -0.954. The summed E-state index contributed by atoms with van der Waals surface area (Å²) in [6.45, 7) is 2.51. The van der Waals surface area contributed by atoms with Gasteiger partial charge in [0.25, 0.3) is 5.91 Å². The fourth-order valence-corrected chi connectivity index (χ4v) is 3.50. The number of aryl methyl sites for hydroxylation is 1. The number of nitrogens with one attached hydrogen (secondary N) is 1. The van der Waals surface area contributed by atoms with E-state index in [4.69, 9.17) is 0 Å². The van der Waals surface area contributed by atoms with Gasteiger partial charge in [-0.3, -0.25) is 9.59 Å². The van der Waals surface area contributed by atoms with Crippen molar-refractivity contribution in [2.75, 3.05) is 0 Å². The Morgan fingerprint density at radius 2 is 2.29 bits per heavy atom. The quantitative estimate of drug-likeness (QED) is 0.872. The van der Waals surface area contributed by atoms with Crippen molar-refractivity contribution in [2.24, 2.45) is 4.99 Å². The van der Waals surface area contributed by atoms with Crippen molar-refractivity contribution < 1.29 is 9.59 Å². The molecule has 2 amide bonds. The molecule has 4 rings (SSSR count). The molecule has 2 atom stereocenters. The molecule has 1 aromatic rings. The Balaban J connectivity index is 1.53. The number of aliphatic imine (C=N–C) groups is 1. The van der Waals surface area contributed by atoms with Crippen LogP contribution in [0, 0.1) is 0 Å². The Morgan fingerprint density at radius 3 is 3.17 bits per heavy atom. The van der Waals surface area contributed by atoms with Crippen LogP contribution in [0.25, 0.3) is 0 Å². The van der Waals surface area contributed by atoms with Gasteiger partial charge in [-0.1, -0.05) is 6.08 Å². The van der Waals surface area contributed by atoms with E-state index in [2.05, 4.69) is 19.9 Å². The monoisotopic (exact) mass is 325 g/mol. The number of nitrogens with zero attached hydrogens (tertiary/aromatic N) is 4. The molecule has 0 aromatic carbocycles. The Kier molecular flexibility index (Phi) is 3.37. The topological polar surface area (TPSA) is 79.6 Å². The number of rotatable bonds is 2. The van der Waals surface area contributed by atoms with Crippen LogP contribution in [0.2, 0.25) is 0 Å². The van der Waals surface area contributed by atoms with Crippen LogP contribution in [0.15, 0.2) is 41.8 Å². The van der Waals surface area contributed by atoms with Gasteiger partial charge in [0, 0.05) is 37.6 Å². The molecule has 0 aliphatic carbocycles. The summed E-state index contributed by atoms with van der Waals surface area (Å²) in [5, 5.41) is 3.12. The summed E-state index contributed by atoms with van der Waals surface area (Å²) in [6, 6.07) is 0.0396. The van der Waals surface area contributed by atoms with Gasteiger partial charge in [-0.15, -0.1) is 0 Å². The van der Waals surface area contributed by atoms with Crippen molar-refractivity contribution in [2.45, 2.75) is 44.3 Å². The molecule has 0 saturated heterocycles. The molecule has 0 fully saturated rings. The average Bonchev–Trinajstić information content (AvgIpc) is 3.02. The highest BCUT2D eigenvalue weighted by atomic mass is 16.2. The maximum Gasteiger partial charge on any atom is 0.250 e. The molecule has 1 aromatic heterocycles. The van der Waals surface area contributed by atoms with Crippen LogP contribution < -0.4 is 5.32 Å². The first-order chi connectivity index (χ1) is 11.6. The van der Waals surface area contributed by atoms with E-state index in [0.717, 1.165) is 18.7 Å². The van der Waals surface area contributed by atoms with Crippen molar-refractivity contribution in [3.8, 4) is 0 Å². The molecule has 3 aliphatic heterocycles.